The Bertz CT molecular complexity index is 711. The summed E-state index contributed by atoms with van der Waals surface area (Å²) < 4.78 is 12.5. The molecule has 2 aliphatic rings. The Labute approximate surface area is 162 Å². The highest BCUT2D eigenvalue weighted by atomic mass is 16.5. The van der Waals surface area contributed by atoms with Crippen LogP contribution in [0.15, 0.2) is 72.5 Å². The van der Waals surface area contributed by atoms with Gasteiger partial charge < -0.3 is 9.47 Å². The second kappa shape index (κ2) is 8.28. The Morgan fingerprint density at radius 1 is 0.926 bits per heavy atom. The highest BCUT2D eigenvalue weighted by Gasteiger charge is 2.50. The summed E-state index contributed by atoms with van der Waals surface area (Å²) in [6.45, 7) is 5.68. The van der Waals surface area contributed by atoms with Gasteiger partial charge in [-0.1, -0.05) is 74.0 Å². The first-order valence-corrected chi connectivity index (χ1v) is 10.2. The lowest BCUT2D eigenvalue weighted by molar-refractivity contribution is -0.0402. The van der Waals surface area contributed by atoms with Crippen molar-refractivity contribution >= 4 is 0 Å². The molecule has 142 valence electrons. The number of ether oxygens (including phenoxy) is 2. The summed E-state index contributed by atoms with van der Waals surface area (Å²) in [7, 11) is 0. The molecule has 0 saturated carbocycles. The van der Waals surface area contributed by atoms with E-state index in [0.29, 0.717) is 0 Å². The molecule has 4 rings (SSSR count). The molecule has 1 atom stereocenters. The van der Waals surface area contributed by atoms with E-state index < -0.39 is 5.60 Å². The molecule has 0 spiro atoms. The third-order valence-electron chi connectivity index (χ3n) is 5.67. The van der Waals surface area contributed by atoms with Crippen LogP contribution >= 0.6 is 0 Å². The maximum atomic E-state index is 6.87. The highest BCUT2D eigenvalue weighted by Crippen LogP contribution is 2.47. The zero-order valence-electron chi connectivity index (χ0n) is 16.1. The summed E-state index contributed by atoms with van der Waals surface area (Å²) in [6.07, 6.45) is 5.70. The Hall–Kier alpha value is -2.10. The lowest BCUT2D eigenvalue weighted by atomic mass is 9.80. The number of hydrogen-bond acceptors (Lipinski definition) is 3. The van der Waals surface area contributed by atoms with E-state index in [-0.39, 0.29) is 6.04 Å². The first-order valence-electron chi connectivity index (χ1n) is 10.2. The van der Waals surface area contributed by atoms with Gasteiger partial charge in [-0.2, -0.15) is 0 Å². The van der Waals surface area contributed by atoms with E-state index in [4.69, 9.17) is 9.47 Å². The van der Waals surface area contributed by atoms with Crippen LogP contribution in [0.3, 0.4) is 0 Å². The van der Waals surface area contributed by atoms with Crippen LogP contribution in [0.5, 0.6) is 0 Å². The largest absolute Gasteiger partial charge is 0.480 e. The van der Waals surface area contributed by atoms with Gasteiger partial charge >= 0.3 is 0 Å². The van der Waals surface area contributed by atoms with Crippen LogP contribution in [0.4, 0.5) is 0 Å². The molecule has 0 bridgehead atoms. The first kappa shape index (κ1) is 18.3. The van der Waals surface area contributed by atoms with Gasteiger partial charge in [-0.3, -0.25) is 4.90 Å². The van der Waals surface area contributed by atoms with Crippen molar-refractivity contribution in [2.75, 3.05) is 26.3 Å². The van der Waals surface area contributed by atoms with Gasteiger partial charge in [0, 0.05) is 30.6 Å². The van der Waals surface area contributed by atoms with Gasteiger partial charge in [0.2, 0.25) is 0 Å². The summed E-state index contributed by atoms with van der Waals surface area (Å²) in [6, 6.07) is 21.6. The van der Waals surface area contributed by atoms with E-state index in [9.17, 15) is 0 Å². The van der Waals surface area contributed by atoms with Gasteiger partial charge in [0.25, 0.3) is 0 Å². The van der Waals surface area contributed by atoms with E-state index in [2.05, 4.69) is 78.6 Å². The number of benzene rings is 2. The first-order chi connectivity index (χ1) is 13.3. The average molecular weight is 364 g/mol. The Morgan fingerprint density at radius 3 is 2.07 bits per heavy atom. The van der Waals surface area contributed by atoms with Crippen molar-refractivity contribution in [2.45, 2.75) is 37.8 Å². The predicted octanol–water partition coefficient (Wildman–Crippen LogP) is 4.74. The summed E-state index contributed by atoms with van der Waals surface area (Å²) in [5, 5.41) is 0. The zero-order valence-corrected chi connectivity index (χ0v) is 16.1. The molecule has 3 nitrogen and oxygen atoms in total. The van der Waals surface area contributed by atoms with E-state index in [1.807, 2.05) is 0 Å². The molecule has 2 aromatic rings. The molecule has 2 heterocycles. The third kappa shape index (κ3) is 3.54. The molecular weight excluding hydrogens is 334 g/mol. The van der Waals surface area contributed by atoms with Crippen molar-refractivity contribution in [3.63, 3.8) is 0 Å². The number of morpholine rings is 1. The standard InChI is InChI=1S/C24H29NO2/c1-2-3-14-22-19-23(25-15-17-26-18-16-25)24(27-22,20-10-6-4-7-11-20)21-12-8-5-9-13-21/h4-13,19,23H,2-3,14-18H2,1H3. The molecule has 0 amide bonds. The number of unbranched alkanes of at least 4 members (excludes halogenated alkanes) is 1. The van der Waals surface area contributed by atoms with Crippen molar-refractivity contribution in [1.82, 2.24) is 4.90 Å². The Kier molecular flexibility index (Phi) is 5.61. The van der Waals surface area contributed by atoms with Gasteiger partial charge in [-0.15, -0.1) is 0 Å². The molecule has 1 fully saturated rings. The molecule has 2 aliphatic heterocycles. The predicted molar refractivity (Wildman–Crippen MR) is 109 cm³/mol. The molecule has 0 radical (unpaired) electrons. The summed E-state index contributed by atoms with van der Waals surface area (Å²) in [4.78, 5) is 2.53. The van der Waals surface area contributed by atoms with E-state index in [1.54, 1.807) is 0 Å². The van der Waals surface area contributed by atoms with Crippen LogP contribution < -0.4 is 0 Å². The molecule has 2 aromatic carbocycles. The molecule has 0 aliphatic carbocycles. The van der Waals surface area contributed by atoms with Crippen LogP contribution in [0, 0.1) is 0 Å². The second-order valence-electron chi connectivity index (χ2n) is 7.40. The highest BCUT2D eigenvalue weighted by molar-refractivity contribution is 5.43. The lowest BCUT2D eigenvalue weighted by Gasteiger charge is -2.42. The van der Waals surface area contributed by atoms with Crippen molar-refractivity contribution in [2.24, 2.45) is 0 Å². The minimum absolute atomic E-state index is 0.179. The van der Waals surface area contributed by atoms with Crippen LogP contribution in [-0.2, 0) is 15.1 Å². The van der Waals surface area contributed by atoms with Gasteiger partial charge in [-0.25, -0.2) is 0 Å². The van der Waals surface area contributed by atoms with Crippen LogP contribution in [0.1, 0.15) is 37.3 Å². The topological polar surface area (TPSA) is 21.7 Å². The maximum absolute atomic E-state index is 6.87. The monoisotopic (exact) mass is 363 g/mol. The quantitative estimate of drug-likeness (QED) is 0.740. The normalized spacial score (nSPS) is 22.3. The fraction of sp³-hybridized carbons (Fsp3) is 0.417. The van der Waals surface area contributed by atoms with Crippen LogP contribution in [0.2, 0.25) is 0 Å². The van der Waals surface area contributed by atoms with Gasteiger partial charge in [0.05, 0.1) is 25.0 Å². The Balaban J connectivity index is 1.81. The molecule has 1 unspecified atom stereocenters. The summed E-state index contributed by atoms with van der Waals surface area (Å²) in [5.74, 6) is 1.13. The lowest BCUT2D eigenvalue weighted by Crippen LogP contribution is -2.52. The van der Waals surface area contributed by atoms with Crippen LogP contribution in [-0.4, -0.2) is 37.2 Å². The molecular formula is C24H29NO2. The molecule has 0 aromatic heterocycles. The van der Waals surface area contributed by atoms with E-state index in [1.165, 1.54) is 17.5 Å². The third-order valence-corrected chi connectivity index (χ3v) is 5.67. The molecule has 3 heteroatoms. The zero-order chi connectivity index (χ0) is 18.5. The molecule has 27 heavy (non-hydrogen) atoms. The van der Waals surface area contributed by atoms with Gasteiger partial charge in [-0.05, 0) is 12.5 Å². The van der Waals surface area contributed by atoms with E-state index in [0.717, 1.165) is 44.9 Å². The van der Waals surface area contributed by atoms with Gasteiger partial charge in [0.15, 0.2) is 5.60 Å². The Morgan fingerprint density at radius 2 is 1.52 bits per heavy atom. The average Bonchev–Trinajstić information content (AvgIpc) is 3.15. The number of allylic oxidation sites excluding steroid dienone is 1. The number of hydrogen-bond donors (Lipinski definition) is 0. The summed E-state index contributed by atoms with van der Waals surface area (Å²) >= 11 is 0. The van der Waals surface area contributed by atoms with Crippen molar-refractivity contribution < 1.29 is 9.47 Å². The number of nitrogens with zero attached hydrogens (tertiary/aromatic N) is 1. The van der Waals surface area contributed by atoms with Crippen molar-refractivity contribution in [3.05, 3.63) is 83.6 Å². The second-order valence-corrected chi connectivity index (χ2v) is 7.40. The number of rotatable bonds is 6. The smallest absolute Gasteiger partial charge is 0.178 e. The summed E-state index contributed by atoms with van der Waals surface area (Å²) in [5.41, 5.74) is 1.94. The molecule has 1 saturated heterocycles. The maximum Gasteiger partial charge on any atom is 0.178 e. The fourth-order valence-electron chi connectivity index (χ4n) is 4.30. The van der Waals surface area contributed by atoms with Crippen molar-refractivity contribution in [1.29, 1.82) is 0 Å². The minimum Gasteiger partial charge on any atom is -0.480 e. The van der Waals surface area contributed by atoms with Gasteiger partial charge in [0.1, 0.15) is 0 Å². The SMILES string of the molecule is CCCCC1=CC(N2CCOCC2)C(c2ccccc2)(c2ccccc2)O1. The minimum atomic E-state index is -0.497. The van der Waals surface area contributed by atoms with Crippen molar-refractivity contribution in [3.8, 4) is 0 Å². The molecule has 0 N–H and O–H groups in total. The fourth-order valence-corrected chi connectivity index (χ4v) is 4.30. The van der Waals surface area contributed by atoms with Crippen LogP contribution in [0.25, 0.3) is 0 Å². The van der Waals surface area contributed by atoms with E-state index >= 15 is 0 Å².